The maximum absolute atomic E-state index is 13.6. The highest BCUT2D eigenvalue weighted by atomic mass is 32.2. The Bertz CT molecular complexity index is 804. The zero-order valence-electron chi connectivity index (χ0n) is 16.6. The van der Waals surface area contributed by atoms with Crippen molar-refractivity contribution in [2.24, 2.45) is 0 Å². The van der Waals surface area contributed by atoms with Crippen LogP contribution in [0.5, 0.6) is 0 Å². The van der Waals surface area contributed by atoms with Crippen LogP contribution in [0.2, 0.25) is 0 Å². The fourth-order valence-electron chi connectivity index (χ4n) is 4.79. The van der Waals surface area contributed by atoms with Crippen molar-refractivity contribution in [3.05, 3.63) is 35.6 Å². The molecular weight excluding hydrogens is 393 g/mol. The lowest BCUT2D eigenvalue weighted by molar-refractivity contribution is -0.131. The number of hydrogen-bond acceptors (Lipinski definition) is 3. The largest absolute Gasteiger partial charge is 0.335 e. The van der Waals surface area contributed by atoms with Crippen LogP contribution < -0.4 is 5.32 Å². The lowest BCUT2D eigenvalue weighted by Crippen LogP contribution is -2.57. The summed E-state index contributed by atoms with van der Waals surface area (Å²) in [4.78, 5) is 27.9. The molecule has 1 aromatic carbocycles. The first-order chi connectivity index (χ1) is 14.0. The second-order valence-electron chi connectivity index (χ2n) is 8.32. The van der Waals surface area contributed by atoms with Crippen molar-refractivity contribution in [1.82, 2.24) is 15.1 Å². The summed E-state index contributed by atoms with van der Waals surface area (Å²) in [5.74, 6) is -0.505. The predicted octanol–water partition coefficient (Wildman–Crippen LogP) is 2.75. The zero-order valence-corrected chi connectivity index (χ0v) is 17.4. The molecule has 8 heteroatoms. The highest BCUT2D eigenvalue weighted by molar-refractivity contribution is 7.87. The quantitative estimate of drug-likeness (QED) is 0.816. The Morgan fingerprint density at radius 1 is 1.21 bits per heavy atom. The molecule has 158 valence electrons. The number of halogens is 1. The molecule has 3 fully saturated rings. The fourth-order valence-corrected chi connectivity index (χ4v) is 6.49. The van der Waals surface area contributed by atoms with E-state index in [0.717, 1.165) is 25.7 Å². The van der Waals surface area contributed by atoms with E-state index in [4.69, 9.17) is 0 Å². The lowest BCUT2D eigenvalue weighted by Gasteiger charge is -2.43. The molecule has 1 aromatic rings. The first kappa shape index (κ1) is 20.3. The van der Waals surface area contributed by atoms with Gasteiger partial charge in [-0.2, -0.15) is 0 Å². The molecule has 29 heavy (non-hydrogen) atoms. The van der Waals surface area contributed by atoms with Crippen LogP contribution in [0.3, 0.4) is 0 Å². The van der Waals surface area contributed by atoms with Gasteiger partial charge in [-0.1, -0.05) is 31.4 Å². The third-order valence-electron chi connectivity index (χ3n) is 6.47. The van der Waals surface area contributed by atoms with E-state index in [1.54, 1.807) is 21.9 Å². The number of urea groups is 1. The van der Waals surface area contributed by atoms with E-state index in [1.807, 2.05) is 0 Å². The Hall–Kier alpha value is -1.96. The Kier molecular flexibility index (Phi) is 5.90. The molecule has 1 spiro atoms. The summed E-state index contributed by atoms with van der Waals surface area (Å²) in [6, 6.07) is 6.37. The Morgan fingerprint density at radius 3 is 2.62 bits per heavy atom. The van der Waals surface area contributed by atoms with Gasteiger partial charge in [0.2, 0.25) is 5.91 Å². The van der Waals surface area contributed by atoms with Crippen LogP contribution in [0, 0.1) is 5.82 Å². The first-order valence-electron chi connectivity index (χ1n) is 10.5. The topological polar surface area (TPSA) is 69.7 Å². The summed E-state index contributed by atoms with van der Waals surface area (Å²) in [6.45, 7) is 1.19. The molecule has 1 saturated carbocycles. The molecule has 1 unspecified atom stereocenters. The van der Waals surface area contributed by atoms with Gasteiger partial charge in [0.1, 0.15) is 16.4 Å². The Morgan fingerprint density at radius 2 is 1.93 bits per heavy atom. The number of nitrogens with one attached hydrogen (secondary N) is 1. The van der Waals surface area contributed by atoms with Crippen LogP contribution in [0.15, 0.2) is 24.3 Å². The van der Waals surface area contributed by atoms with E-state index in [0.29, 0.717) is 31.5 Å². The van der Waals surface area contributed by atoms with Gasteiger partial charge in [-0.3, -0.25) is 9.00 Å². The van der Waals surface area contributed by atoms with Gasteiger partial charge in [0.15, 0.2) is 0 Å². The number of benzene rings is 1. The molecule has 0 radical (unpaired) electrons. The summed E-state index contributed by atoms with van der Waals surface area (Å²) < 4.78 is 26.4. The predicted molar refractivity (Wildman–Crippen MR) is 109 cm³/mol. The monoisotopic (exact) mass is 421 g/mol. The van der Waals surface area contributed by atoms with Crippen molar-refractivity contribution in [2.45, 2.75) is 62.4 Å². The van der Waals surface area contributed by atoms with E-state index in [1.165, 1.54) is 18.6 Å². The van der Waals surface area contributed by atoms with Crippen LogP contribution >= 0.6 is 0 Å². The number of likely N-dealkylation sites (tertiary alicyclic amines) is 1. The molecule has 0 aromatic heterocycles. The van der Waals surface area contributed by atoms with Gasteiger partial charge in [-0.05, 0) is 30.5 Å². The molecule has 3 amide bonds. The minimum atomic E-state index is -1.32. The maximum atomic E-state index is 13.6. The van der Waals surface area contributed by atoms with Crippen LogP contribution in [-0.4, -0.2) is 55.7 Å². The second kappa shape index (κ2) is 8.42. The van der Waals surface area contributed by atoms with Crippen LogP contribution in [-0.2, 0) is 22.1 Å². The number of nitrogens with zero attached hydrogens (tertiary/aromatic N) is 2. The molecule has 3 aliphatic rings. The zero-order chi connectivity index (χ0) is 20.4. The van der Waals surface area contributed by atoms with E-state index in [-0.39, 0.29) is 36.1 Å². The third kappa shape index (κ3) is 4.17. The van der Waals surface area contributed by atoms with Gasteiger partial charge in [0.05, 0.1) is 10.8 Å². The van der Waals surface area contributed by atoms with E-state index < -0.39 is 15.7 Å². The van der Waals surface area contributed by atoms with Gasteiger partial charge < -0.3 is 15.1 Å². The van der Waals surface area contributed by atoms with Gasteiger partial charge in [0, 0.05) is 38.5 Å². The smallest absolute Gasteiger partial charge is 0.317 e. The average molecular weight is 422 g/mol. The molecule has 6 nitrogen and oxygen atoms in total. The summed E-state index contributed by atoms with van der Waals surface area (Å²) in [6.07, 6.45) is 6.58. The SMILES string of the molecule is O=C(NC1CCCCC1)N1CCC2(CC1)N(Cc1cccc(F)c1)C(=O)CS2=O. The summed E-state index contributed by atoms with van der Waals surface area (Å²) in [7, 11) is -1.32. The second-order valence-corrected chi connectivity index (χ2v) is 10.1. The lowest BCUT2D eigenvalue weighted by atomic mass is 9.95. The van der Waals surface area contributed by atoms with Crippen molar-refractivity contribution in [3.63, 3.8) is 0 Å². The molecule has 2 saturated heterocycles. The highest BCUT2D eigenvalue weighted by Crippen LogP contribution is 2.38. The Labute approximate surface area is 173 Å². The Balaban J connectivity index is 1.42. The maximum Gasteiger partial charge on any atom is 0.317 e. The standard InChI is InChI=1S/C21H28FN3O3S/c22-17-6-4-5-16(13-17)14-25-19(26)15-29(28)21(25)9-11-24(12-10-21)20(27)23-18-7-2-1-3-8-18/h4-6,13,18H,1-3,7-12,14-15H2,(H,23,27). The van der Waals surface area contributed by atoms with Crippen molar-refractivity contribution in [1.29, 1.82) is 0 Å². The summed E-state index contributed by atoms with van der Waals surface area (Å²) in [5.41, 5.74) is 0.689. The van der Waals surface area contributed by atoms with Crippen LogP contribution in [0.4, 0.5) is 9.18 Å². The number of carbonyl (C=O) groups excluding carboxylic acids is 2. The average Bonchev–Trinajstić information content (AvgIpc) is 2.93. The van der Waals surface area contributed by atoms with Gasteiger partial charge >= 0.3 is 6.03 Å². The molecule has 4 rings (SSSR count). The summed E-state index contributed by atoms with van der Waals surface area (Å²) >= 11 is 0. The van der Waals surface area contributed by atoms with E-state index in [9.17, 15) is 18.2 Å². The number of piperidine rings is 1. The highest BCUT2D eigenvalue weighted by Gasteiger charge is 2.53. The van der Waals surface area contributed by atoms with E-state index in [2.05, 4.69) is 5.32 Å². The third-order valence-corrected chi connectivity index (χ3v) is 8.45. The molecule has 0 bridgehead atoms. The van der Waals surface area contributed by atoms with Gasteiger partial charge in [-0.25, -0.2) is 9.18 Å². The van der Waals surface area contributed by atoms with Crippen LogP contribution in [0.25, 0.3) is 0 Å². The van der Waals surface area contributed by atoms with Gasteiger partial charge in [-0.15, -0.1) is 0 Å². The minimum absolute atomic E-state index is 0.00356. The number of hydrogen-bond donors (Lipinski definition) is 1. The first-order valence-corrected chi connectivity index (χ1v) is 11.8. The molecular formula is C21H28FN3O3S. The van der Waals surface area contributed by atoms with Crippen molar-refractivity contribution < 1.29 is 18.2 Å². The number of amides is 3. The van der Waals surface area contributed by atoms with Crippen molar-refractivity contribution in [2.75, 3.05) is 18.8 Å². The minimum Gasteiger partial charge on any atom is -0.335 e. The van der Waals surface area contributed by atoms with Gasteiger partial charge in [0.25, 0.3) is 0 Å². The summed E-state index contributed by atoms with van der Waals surface area (Å²) in [5, 5.41) is 3.13. The normalized spacial score (nSPS) is 24.9. The van der Waals surface area contributed by atoms with Crippen molar-refractivity contribution >= 4 is 22.7 Å². The molecule has 2 heterocycles. The molecule has 2 aliphatic heterocycles. The fraction of sp³-hybridized carbons (Fsp3) is 0.619. The molecule has 1 atom stereocenters. The molecule has 1 aliphatic carbocycles. The van der Waals surface area contributed by atoms with Crippen LogP contribution in [0.1, 0.15) is 50.5 Å². The van der Waals surface area contributed by atoms with Crippen molar-refractivity contribution in [3.8, 4) is 0 Å². The number of rotatable bonds is 3. The number of carbonyl (C=O) groups is 2. The van der Waals surface area contributed by atoms with E-state index >= 15 is 0 Å². The molecule has 1 N–H and O–H groups in total.